The van der Waals surface area contributed by atoms with E-state index in [0.29, 0.717) is 23.8 Å². The van der Waals surface area contributed by atoms with E-state index in [-0.39, 0.29) is 17.3 Å². The fourth-order valence-electron chi connectivity index (χ4n) is 2.31. The highest BCUT2D eigenvalue weighted by atomic mass is 35.5. The van der Waals surface area contributed by atoms with Crippen LogP contribution in [0.15, 0.2) is 55.0 Å². The first kappa shape index (κ1) is 17.6. The summed E-state index contributed by atoms with van der Waals surface area (Å²) in [6, 6.07) is 13.1. The smallest absolute Gasteiger partial charge is 0.353 e. The Balaban J connectivity index is 1.77. The summed E-state index contributed by atoms with van der Waals surface area (Å²) in [6.45, 7) is 0.500. The van der Waals surface area contributed by atoms with E-state index in [1.165, 1.54) is 12.5 Å². The highest BCUT2D eigenvalue weighted by Crippen LogP contribution is 2.30. The molecule has 8 nitrogen and oxygen atoms in total. The van der Waals surface area contributed by atoms with Gasteiger partial charge in [0.15, 0.2) is 0 Å². The maximum Gasteiger partial charge on any atom is 0.353 e. The Labute approximate surface area is 154 Å². The van der Waals surface area contributed by atoms with Crippen molar-refractivity contribution >= 4 is 34.7 Å². The number of hydrogen-bond acceptors (Lipinski definition) is 7. The quantitative estimate of drug-likeness (QED) is 0.480. The van der Waals surface area contributed by atoms with Gasteiger partial charge in [0, 0.05) is 12.7 Å². The number of rotatable bonds is 7. The number of nitrogens with zero attached hydrogens (tertiary/aromatic N) is 4. The number of anilines is 3. The molecule has 0 spiro atoms. The molecule has 0 saturated heterocycles. The first-order chi connectivity index (χ1) is 12.6. The van der Waals surface area contributed by atoms with Crippen LogP contribution in [0.3, 0.4) is 0 Å². The van der Waals surface area contributed by atoms with Crippen LogP contribution in [0.4, 0.5) is 23.1 Å². The molecule has 3 aromatic rings. The lowest BCUT2D eigenvalue weighted by atomic mass is 10.1. The standard InChI is InChI=1S/C17H15ClN6O2/c18-13-6-7-14(20-10-13)23-17-15(24(25)26)16(21-11-22-17)19-9-8-12-4-2-1-3-5-12/h1-7,10-11H,8-9H2,(H2,19,20,21,22,23). The second-order valence-electron chi connectivity index (χ2n) is 5.33. The van der Waals surface area contributed by atoms with Crippen LogP contribution >= 0.6 is 11.6 Å². The van der Waals surface area contributed by atoms with Crippen molar-refractivity contribution in [2.45, 2.75) is 6.42 Å². The van der Waals surface area contributed by atoms with Crippen LogP contribution in [-0.2, 0) is 6.42 Å². The summed E-state index contributed by atoms with van der Waals surface area (Å²) in [5, 5.41) is 17.8. The Morgan fingerprint density at radius 2 is 1.81 bits per heavy atom. The predicted octanol–water partition coefficient (Wildman–Crippen LogP) is 3.83. The van der Waals surface area contributed by atoms with Crippen LogP contribution in [-0.4, -0.2) is 26.4 Å². The second kappa shape index (κ2) is 8.21. The predicted molar refractivity (Wildman–Crippen MR) is 99.9 cm³/mol. The van der Waals surface area contributed by atoms with E-state index in [0.717, 1.165) is 5.56 Å². The van der Waals surface area contributed by atoms with Gasteiger partial charge in [-0.15, -0.1) is 0 Å². The largest absolute Gasteiger partial charge is 0.364 e. The van der Waals surface area contributed by atoms with Crippen molar-refractivity contribution in [3.63, 3.8) is 0 Å². The van der Waals surface area contributed by atoms with Crippen molar-refractivity contribution < 1.29 is 4.92 Å². The minimum absolute atomic E-state index is 0.0574. The van der Waals surface area contributed by atoms with Crippen LogP contribution in [0.5, 0.6) is 0 Å². The third-order valence-electron chi connectivity index (χ3n) is 3.53. The summed E-state index contributed by atoms with van der Waals surface area (Å²) >= 11 is 5.80. The molecule has 1 aromatic carbocycles. The SMILES string of the molecule is O=[N+]([O-])c1c(NCCc2ccccc2)ncnc1Nc1ccc(Cl)cn1. The average molecular weight is 371 g/mol. The topological polar surface area (TPSA) is 106 Å². The van der Waals surface area contributed by atoms with Crippen molar-refractivity contribution in [1.29, 1.82) is 0 Å². The molecule has 26 heavy (non-hydrogen) atoms. The zero-order valence-electron chi connectivity index (χ0n) is 13.6. The number of aromatic nitrogens is 3. The fourth-order valence-corrected chi connectivity index (χ4v) is 2.43. The molecule has 132 valence electrons. The lowest BCUT2D eigenvalue weighted by Gasteiger charge is -2.09. The number of hydrogen-bond donors (Lipinski definition) is 2. The van der Waals surface area contributed by atoms with Gasteiger partial charge in [0.2, 0.25) is 11.6 Å². The molecule has 0 aliphatic carbocycles. The fraction of sp³-hybridized carbons (Fsp3) is 0.118. The molecule has 0 unspecified atom stereocenters. The van der Waals surface area contributed by atoms with Crippen molar-refractivity contribution in [3.05, 3.63) is 75.7 Å². The number of halogens is 1. The van der Waals surface area contributed by atoms with E-state index in [4.69, 9.17) is 11.6 Å². The van der Waals surface area contributed by atoms with Gasteiger partial charge in [0.1, 0.15) is 12.1 Å². The normalized spacial score (nSPS) is 10.3. The van der Waals surface area contributed by atoms with Gasteiger partial charge in [-0.2, -0.15) is 0 Å². The lowest BCUT2D eigenvalue weighted by Crippen LogP contribution is -2.11. The molecule has 2 heterocycles. The molecular formula is C17H15ClN6O2. The second-order valence-corrected chi connectivity index (χ2v) is 5.76. The highest BCUT2D eigenvalue weighted by Gasteiger charge is 2.23. The molecule has 0 amide bonds. The summed E-state index contributed by atoms with van der Waals surface area (Å²) in [4.78, 5) is 23.0. The van der Waals surface area contributed by atoms with Crippen LogP contribution in [0.2, 0.25) is 5.02 Å². The summed E-state index contributed by atoms with van der Waals surface area (Å²) < 4.78 is 0. The summed E-state index contributed by atoms with van der Waals surface area (Å²) in [7, 11) is 0. The molecule has 3 rings (SSSR count). The summed E-state index contributed by atoms with van der Waals surface area (Å²) in [5.41, 5.74) is 0.887. The van der Waals surface area contributed by atoms with E-state index < -0.39 is 4.92 Å². The monoisotopic (exact) mass is 370 g/mol. The van der Waals surface area contributed by atoms with Crippen molar-refractivity contribution in [2.75, 3.05) is 17.2 Å². The van der Waals surface area contributed by atoms with Crippen LogP contribution in [0.1, 0.15) is 5.56 Å². The van der Waals surface area contributed by atoms with Gasteiger partial charge in [0.25, 0.3) is 0 Å². The van der Waals surface area contributed by atoms with Gasteiger partial charge >= 0.3 is 5.69 Å². The number of nitrogens with one attached hydrogen (secondary N) is 2. The number of benzene rings is 1. The maximum absolute atomic E-state index is 11.5. The summed E-state index contributed by atoms with van der Waals surface area (Å²) in [6.07, 6.45) is 3.41. The summed E-state index contributed by atoms with van der Waals surface area (Å²) in [5.74, 6) is 0.603. The Bertz CT molecular complexity index is 890. The minimum Gasteiger partial charge on any atom is -0.364 e. The van der Waals surface area contributed by atoms with Crippen molar-refractivity contribution in [3.8, 4) is 0 Å². The minimum atomic E-state index is -0.525. The lowest BCUT2D eigenvalue weighted by molar-refractivity contribution is -0.383. The van der Waals surface area contributed by atoms with Crippen LogP contribution < -0.4 is 10.6 Å². The molecule has 0 saturated carbocycles. The van der Waals surface area contributed by atoms with Gasteiger partial charge in [-0.1, -0.05) is 41.9 Å². The molecular weight excluding hydrogens is 356 g/mol. The van der Waals surface area contributed by atoms with Gasteiger partial charge in [-0.25, -0.2) is 15.0 Å². The molecule has 0 bridgehead atoms. The average Bonchev–Trinajstić information content (AvgIpc) is 2.64. The Morgan fingerprint density at radius 1 is 1.04 bits per heavy atom. The highest BCUT2D eigenvalue weighted by molar-refractivity contribution is 6.30. The van der Waals surface area contributed by atoms with E-state index >= 15 is 0 Å². The third-order valence-corrected chi connectivity index (χ3v) is 3.75. The third kappa shape index (κ3) is 4.42. The zero-order valence-corrected chi connectivity index (χ0v) is 14.3. The molecule has 0 radical (unpaired) electrons. The van der Waals surface area contributed by atoms with E-state index in [1.807, 2.05) is 30.3 Å². The van der Waals surface area contributed by atoms with E-state index in [9.17, 15) is 10.1 Å². The van der Waals surface area contributed by atoms with Gasteiger partial charge in [-0.3, -0.25) is 10.1 Å². The first-order valence-corrected chi connectivity index (χ1v) is 8.17. The molecule has 0 aliphatic rings. The first-order valence-electron chi connectivity index (χ1n) is 7.79. The number of pyridine rings is 1. The molecule has 0 aliphatic heterocycles. The van der Waals surface area contributed by atoms with Gasteiger partial charge in [-0.05, 0) is 24.1 Å². The molecule has 2 aromatic heterocycles. The number of nitro groups is 1. The Hall–Kier alpha value is -3.26. The molecule has 9 heteroatoms. The Morgan fingerprint density at radius 3 is 2.50 bits per heavy atom. The molecule has 0 atom stereocenters. The van der Waals surface area contributed by atoms with Crippen LogP contribution in [0.25, 0.3) is 0 Å². The van der Waals surface area contributed by atoms with Gasteiger partial charge < -0.3 is 10.6 Å². The van der Waals surface area contributed by atoms with E-state index in [1.54, 1.807) is 12.1 Å². The molecule has 2 N–H and O–H groups in total. The van der Waals surface area contributed by atoms with Crippen LogP contribution in [0, 0.1) is 10.1 Å². The van der Waals surface area contributed by atoms with Crippen molar-refractivity contribution in [1.82, 2.24) is 15.0 Å². The van der Waals surface area contributed by atoms with Crippen molar-refractivity contribution in [2.24, 2.45) is 0 Å². The van der Waals surface area contributed by atoms with E-state index in [2.05, 4.69) is 25.6 Å². The Kier molecular flexibility index (Phi) is 5.55. The van der Waals surface area contributed by atoms with Gasteiger partial charge in [0.05, 0.1) is 9.95 Å². The maximum atomic E-state index is 11.5. The zero-order chi connectivity index (χ0) is 18.4. The molecule has 0 fully saturated rings.